The van der Waals surface area contributed by atoms with Crippen molar-refractivity contribution >= 4 is 52.5 Å². The van der Waals surface area contributed by atoms with Crippen LogP contribution in [-0.4, -0.2) is 57.3 Å². The minimum Gasteiger partial charge on any atom is -0.506 e. The van der Waals surface area contributed by atoms with Gasteiger partial charge in [-0.15, -0.1) is 0 Å². The van der Waals surface area contributed by atoms with E-state index in [2.05, 4.69) is 45.3 Å². The maximum atomic E-state index is 13.2. The smallest absolute Gasteiger partial charge is 0.305 e. The summed E-state index contributed by atoms with van der Waals surface area (Å²) in [5.74, 6) is 1.61. The summed E-state index contributed by atoms with van der Waals surface area (Å²) >= 11 is 13.1. The summed E-state index contributed by atoms with van der Waals surface area (Å²) in [6.45, 7) is 12.2. The Hall–Kier alpha value is -3.76. The number of aromatic hydroxyl groups is 2. The Kier molecular flexibility index (Phi) is 15.9. The van der Waals surface area contributed by atoms with Crippen LogP contribution in [0.4, 0.5) is 0 Å². The number of halogens is 2. The molecule has 0 heterocycles. The predicted octanol–water partition coefficient (Wildman–Crippen LogP) is 11.8. The van der Waals surface area contributed by atoms with E-state index < -0.39 is 35.3 Å². The molecule has 346 valence electrons. The number of phenolic OH excluding ortho intramolecular Hbond substituents is 2. The molecule has 9 atom stereocenters. The Labute approximate surface area is 384 Å². The van der Waals surface area contributed by atoms with Crippen LogP contribution in [0.25, 0.3) is 5.57 Å². The molecule has 10 nitrogen and oxygen atoms in total. The van der Waals surface area contributed by atoms with E-state index in [1.54, 1.807) is 0 Å². The normalized spacial score (nSPS) is 28.0. The average Bonchev–Trinajstić information content (AvgIpc) is 3.58. The second-order valence-corrected chi connectivity index (χ2v) is 21.3. The number of carboxylic acids is 2. The first-order chi connectivity index (χ1) is 29.8. The topological polar surface area (TPSA) is 173 Å². The lowest BCUT2D eigenvalue weighted by atomic mass is 9.44. The lowest BCUT2D eigenvalue weighted by Crippen LogP contribution is -2.53. The van der Waals surface area contributed by atoms with Gasteiger partial charge in [-0.2, -0.15) is 0 Å². The molecule has 63 heavy (non-hydrogen) atoms. The van der Waals surface area contributed by atoms with Gasteiger partial charge in [0, 0.05) is 13.1 Å². The summed E-state index contributed by atoms with van der Waals surface area (Å²) < 4.78 is 0. The van der Waals surface area contributed by atoms with Crippen molar-refractivity contribution in [3.05, 3.63) is 62.6 Å². The standard InChI is InChI=1S/C51H70Cl2N2O8/c1-29(2)8-6-9-30(3)39-14-15-40-36-13-12-34-24-31(16-20-50(34,4)41(36)17-21-51(39,40)5)10-7-11-35(32-25-37(46(60)42(52)27-32)48(62)54-22-18-44(56)57)33-26-38(47(61)43(53)28-33)49(63)55-23-19-45(58)59/h11,25-31,34,36,39-41,60-61H,6-10,12-24H2,1-5H3,(H,54,62)(H,55,63)(H,56,57)(H,58,59)/t30-,31+,34?,36+,39-,40+,41+,50+,51-/m1/s1. The van der Waals surface area contributed by atoms with Crippen molar-refractivity contribution in [3.63, 3.8) is 0 Å². The van der Waals surface area contributed by atoms with Crippen molar-refractivity contribution in [1.82, 2.24) is 10.6 Å². The van der Waals surface area contributed by atoms with E-state index in [9.17, 15) is 29.4 Å². The molecule has 0 aliphatic heterocycles. The van der Waals surface area contributed by atoms with Gasteiger partial charge in [0.15, 0.2) is 0 Å². The fourth-order valence-corrected chi connectivity index (χ4v) is 13.5. The molecule has 6 N–H and O–H groups in total. The number of hydrogen-bond donors (Lipinski definition) is 6. The largest absolute Gasteiger partial charge is 0.506 e. The van der Waals surface area contributed by atoms with Gasteiger partial charge >= 0.3 is 11.9 Å². The van der Waals surface area contributed by atoms with Crippen LogP contribution >= 0.6 is 23.2 Å². The Morgan fingerprint density at radius 2 is 1.30 bits per heavy atom. The molecule has 4 aliphatic rings. The molecule has 0 spiro atoms. The summed E-state index contributed by atoms with van der Waals surface area (Å²) in [5, 5.41) is 44.7. The van der Waals surface area contributed by atoms with Crippen LogP contribution in [0.3, 0.4) is 0 Å². The zero-order valence-corrected chi connectivity index (χ0v) is 39.4. The first-order valence-electron chi connectivity index (χ1n) is 23.6. The summed E-state index contributed by atoms with van der Waals surface area (Å²) in [7, 11) is 0. The first kappa shape index (κ1) is 48.7. The van der Waals surface area contributed by atoms with Crippen LogP contribution in [-0.2, 0) is 9.59 Å². The number of aliphatic carboxylic acids is 2. The average molecular weight is 910 g/mol. The van der Waals surface area contributed by atoms with Crippen LogP contribution < -0.4 is 10.6 Å². The minimum absolute atomic E-state index is 0.104. The molecular weight excluding hydrogens is 839 g/mol. The van der Waals surface area contributed by atoms with Gasteiger partial charge in [0.2, 0.25) is 0 Å². The Bertz CT molecular complexity index is 1960. The number of carboxylic acid groups (broad SMARTS) is 2. The molecule has 4 aliphatic carbocycles. The molecule has 0 bridgehead atoms. The highest BCUT2D eigenvalue weighted by Gasteiger charge is 2.60. The van der Waals surface area contributed by atoms with Crippen molar-refractivity contribution in [2.75, 3.05) is 13.1 Å². The van der Waals surface area contributed by atoms with Gasteiger partial charge < -0.3 is 31.1 Å². The quantitative estimate of drug-likeness (QED) is 0.0857. The number of fused-ring (bicyclic) bond motifs is 5. The van der Waals surface area contributed by atoms with Gasteiger partial charge in [0.1, 0.15) is 11.5 Å². The van der Waals surface area contributed by atoms with Gasteiger partial charge in [-0.25, -0.2) is 0 Å². The zero-order valence-electron chi connectivity index (χ0n) is 37.9. The van der Waals surface area contributed by atoms with Gasteiger partial charge in [-0.05, 0) is 170 Å². The molecule has 2 amide bonds. The summed E-state index contributed by atoms with van der Waals surface area (Å²) in [4.78, 5) is 48.7. The van der Waals surface area contributed by atoms with Crippen LogP contribution in [0.2, 0.25) is 10.0 Å². The molecule has 2 aromatic carbocycles. The number of carbonyl (C=O) groups is 4. The molecular formula is C51H70Cl2N2O8. The van der Waals surface area contributed by atoms with E-state index >= 15 is 0 Å². The van der Waals surface area contributed by atoms with Gasteiger partial charge in [-0.3, -0.25) is 19.2 Å². The van der Waals surface area contributed by atoms with E-state index in [4.69, 9.17) is 33.4 Å². The Morgan fingerprint density at radius 3 is 1.86 bits per heavy atom. The summed E-state index contributed by atoms with van der Waals surface area (Å²) in [6.07, 6.45) is 18.8. The molecule has 12 heteroatoms. The highest BCUT2D eigenvalue weighted by Crippen LogP contribution is 2.69. The highest BCUT2D eigenvalue weighted by molar-refractivity contribution is 6.33. The van der Waals surface area contributed by atoms with Gasteiger partial charge in [-0.1, -0.05) is 83.2 Å². The minimum atomic E-state index is -1.09. The fraction of sp³-hybridized carbons (Fsp3) is 0.647. The van der Waals surface area contributed by atoms with E-state index in [0.717, 1.165) is 48.3 Å². The number of amides is 2. The molecule has 0 aromatic heterocycles. The van der Waals surface area contributed by atoms with E-state index in [1.807, 2.05) is 6.08 Å². The molecule has 1 unspecified atom stereocenters. The van der Waals surface area contributed by atoms with Crippen molar-refractivity contribution in [1.29, 1.82) is 0 Å². The third-order valence-corrected chi connectivity index (χ3v) is 17.0. The summed E-state index contributed by atoms with van der Waals surface area (Å²) in [6, 6.07) is 5.97. The van der Waals surface area contributed by atoms with Crippen molar-refractivity contribution in [2.45, 2.75) is 137 Å². The number of rotatable bonds is 18. The number of phenols is 2. The van der Waals surface area contributed by atoms with Gasteiger partial charge in [0.25, 0.3) is 11.8 Å². The van der Waals surface area contributed by atoms with E-state index in [1.165, 1.54) is 94.9 Å². The molecule has 4 saturated carbocycles. The first-order valence-corrected chi connectivity index (χ1v) is 24.3. The SMILES string of the molecule is CC(C)CCC[C@@H](C)[C@H]1CC[C@H]2[C@@H]3CCC4C[C@@H](CCC=C(c5cc(Cl)c(O)c(C(=O)NCCC(=O)O)c5)c5cc(Cl)c(O)c(C(=O)NCCC(=O)O)c5)CC[C@]4(C)[C@H]3CC[C@]12C. The van der Waals surface area contributed by atoms with E-state index in [0.29, 0.717) is 45.8 Å². The maximum absolute atomic E-state index is 13.2. The van der Waals surface area contributed by atoms with Crippen LogP contribution in [0.15, 0.2) is 30.3 Å². The molecule has 6 rings (SSSR count). The third-order valence-electron chi connectivity index (χ3n) is 16.4. The van der Waals surface area contributed by atoms with Crippen LogP contribution in [0, 0.1) is 58.2 Å². The Balaban J connectivity index is 1.21. The number of allylic oxidation sites excluding steroid dienone is 1. The summed E-state index contributed by atoms with van der Waals surface area (Å²) in [5.41, 5.74) is 1.98. The number of carbonyl (C=O) groups excluding carboxylic acids is 2. The maximum Gasteiger partial charge on any atom is 0.305 e. The number of benzene rings is 2. The fourth-order valence-electron chi connectivity index (χ4n) is 13.1. The lowest BCUT2D eigenvalue weighted by Gasteiger charge is -2.61. The predicted molar refractivity (Wildman–Crippen MR) is 248 cm³/mol. The van der Waals surface area contributed by atoms with Crippen molar-refractivity contribution in [3.8, 4) is 11.5 Å². The number of nitrogens with one attached hydrogen (secondary N) is 2. The van der Waals surface area contributed by atoms with Crippen molar-refractivity contribution in [2.24, 2.45) is 58.2 Å². The second kappa shape index (κ2) is 20.6. The molecule has 0 radical (unpaired) electrons. The lowest BCUT2D eigenvalue weighted by molar-refractivity contribution is -0.137. The molecule has 4 fully saturated rings. The number of hydrogen-bond acceptors (Lipinski definition) is 6. The van der Waals surface area contributed by atoms with Crippen LogP contribution in [0.1, 0.15) is 169 Å². The van der Waals surface area contributed by atoms with Gasteiger partial charge in [0.05, 0.1) is 34.0 Å². The zero-order chi connectivity index (χ0) is 45.8. The second-order valence-electron chi connectivity index (χ2n) is 20.5. The highest BCUT2D eigenvalue weighted by atomic mass is 35.5. The van der Waals surface area contributed by atoms with E-state index in [-0.39, 0.29) is 47.1 Å². The monoisotopic (exact) mass is 908 g/mol. The third kappa shape index (κ3) is 10.9. The van der Waals surface area contributed by atoms with Crippen LogP contribution in [0.5, 0.6) is 11.5 Å². The Morgan fingerprint density at radius 1 is 0.746 bits per heavy atom. The molecule has 0 saturated heterocycles. The molecule has 2 aromatic rings. The van der Waals surface area contributed by atoms with Crippen molar-refractivity contribution < 1.29 is 39.6 Å².